The molecule has 0 aromatic rings. The zero-order chi connectivity index (χ0) is 10.4. The van der Waals surface area contributed by atoms with E-state index < -0.39 is 5.60 Å². The summed E-state index contributed by atoms with van der Waals surface area (Å²) in [5.74, 6) is 0. The first-order valence-electron chi connectivity index (χ1n) is 5.37. The first kappa shape index (κ1) is 11.9. The van der Waals surface area contributed by atoms with Crippen LogP contribution in [-0.4, -0.2) is 58.7 Å². The van der Waals surface area contributed by atoms with Gasteiger partial charge in [0, 0.05) is 19.6 Å². The maximum atomic E-state index is 10.1. The Hall–Kier alpha value is -0.160. The third-order valence-corrected chi connectivity index (χ3v) is 2.88. The Morgan fingerprint density at radius 1 is 1.00 bits per heavy atom. The Kier molecular flexibility index (Phi) is 4.81. The van der Waals surface area contributed by atoms with Gasteiger partial charge in [-0.2, -0.15) is 0 Å². The topological polar surface area (TPSA) is 63.9 Å². The van der Waals surface area contributed by atoms with Crippen LogP contribution in [0.2, 0.25) is 0 Å². The van der Waals surface area contributed by atoms with Crippen molar-refractivity contribution in [2.45, 2.75) is 31.3 Å². The van der Waals surface area contributed by atoms with Gasteiger partial charge in [-0.25, -0.2) is 0 Å². The van der Waals surface area contributed by atoms with Gasteiger partial charge in [0.25, 0.3) is 0 Å². The van der Waals surface area contributed by atoms with Crippen LogP contribution < -0.4 is 0 Å². The van der Waals surface area contributed by atoms with Crippen LogP contribution in [0.3, 0.4) is 0 Å². The molecular weight excluding hydrogens is 182 g/mol. The summed E-state index contributed by atoms with van der Waals surface area (Å²) in [6.07, 6.45) is 3.87. The van der Waals surface area contributed by atoms with Gasteiger partial charge in [-0.05, 0) is 12.8 Å². The Labute approximate surface area is 85.2 Å². The summed E-state index contributed by atoms with van der Waals surface area (Å²) in [6, 6.07) is 0. The SMILES string of the molecule is OCCN(CCO)CC1(O)CCCC1. The normalized spacial score (nSPS) is 20.6. The quantitative estimate of drug-likeness (QED) is 0.548. The number of aliphatic hydroxyl groups is 3. The molecule has 14 heavy (non-hydrogen) atoms. The van der Waals surface area contributed by atoms with Crippen molar-refractivity contribution in [3.63, 3.8) is 0 Å². The Morgan fingerprint density at radius 3 is 1.93 bits per heavy atom. The largest absolute Gasteiger partial charge is 0.395 e. The Morgan fingerprint density at radius 2 is 1.50 bits per heavy atom. The monoisotopic (exact) mass is 203 g/mol. The second-order valence-electron chi connectivity index (χ2n) is 4.15. The average molecular weight is 203 g/mol. The standard InChI is InChI=1S/C10H21NO3/c12-7-5-11(6-8-13)9-10(14)3-1-2-4-10/h12-14H,1-9H2. The molecule has 1 aliphatic rings. The van der Waals surface area contributed by atoms with Crippen LogP contribution in [-0.2, 0) is 0 Å². The molecule has 4 heteroatoms. The molecule has 4 nitrogen and oxygen atoms in total. The fourth-order valence-corrected chi connectivity index (χ4v) is 2.16. The van der Waals surface area contributed by atoms with E-state index in [4.69, 9.17) is 10.2 Å². The molecule has 0 heterocycles. The van der Waals surface area contributed by atoms with Gasteiger partial charge < -0.3 is 15.3 Å². The molecule has 84 valence electrons. The van der Waals surface area contributed by atoms with Gasteiger partial charge in [0.1, 0.15) is 0 Å². The number of hydrogen-bond acceptors (Lipinski definition) is 4. The summed E-state index contributed by atoms with van der Waals surface area (Å²) in [4.78, 5) is 1.92. The number of nitrogens with zero attached hydrogens (tertiary/aromatic N) is 1. The summed E-state index contributed by atoms with van der Waals surface area (Å²) in [7, 11) is 0. The van der Waals surface area contributed by atoms with Crippen molar-refractivity contribution >= 4 is 0 Å². The molecule has 0 atom stereocenters. The number of aliphatic hydroxyl groups excluding tert-OH is 2. The van der Waals surface area contributed by atoms with Gasteiger partial charge in [0.05, 0.1) is 18.8 Å². The number of rotatable bonds is 6. The van der Waals surface area contributed by atoms with E-state index in [1.165, 1.54) is 0 Å². The van der Waals surface area contributed by atoms with E-state index in [2.05, 4.69) is 0 Å². The molecule has 0 aliphatic heterocycles. The molecule has 0 aromatic heterocycles. The summed E-state index contributed by atoms with van der Waals surface area (Å²) < 4.78 is 0. The van der Waals surface area contributed by atoms with E-state index in [1.54, 1.807) is 0 Å². The van der Waals surface area contributed by atoms with Gasteiger partial charge in [0.15, 0.2) is 0 Å². The molecule has 0 spiro atoms. The summed E-state index contributed by atoms with van der Waals surface area (Å²) >= 11 is 0. The lowest BCUT2D eigenvalue weighted by Gasteiger charge is -2.30. The minimum Gasteiger partial charge on any atom is -0.395 e. The van der Waals surface area contributed by atoms with Crippen LogP contribution in [0.25, 0.3) is 0 Å². The lowest BCUT2D eigenvalue weighted by atomic mass is 10.0. The van der Waals surface area contributed by atoms with Crippen LogP contribution >= 0.6 is 0 Å². The van der Waals surface area contributed by atoms with E-state index in [9.17, 15) is 5.11 Å². The molecule has 3 N–H and O–H groups in total. The average Bonchev–Trinajstić information content (AvgIpc) is 2.53. The number of hydrogen-bond donors (Lipinski definition) is 3. The fraction of sp³-hybridized carbons (Fsp3) is 1.00. The van der Waals surface area contributed by atoms with Crippen molar-refractivity contribution in [1.82, 2.24) is 4.90 Å². The molecule has 1 saturated carbocycles. The molecule has 0 radical (unpaired) electrons. The zero-order valence-corrected chi connectivity index (χ0v) is 8.65. The molecule has 0 bridgehead atoms. The smallest absolute Gasteiger partial charge is 0.0774 e. The van der Waals surface area contributed by atoms with Crippen molar-refractivity contribution in [3.05, 3.63) is 0 Å². The molecular formula is C10H21NO3. The van der Waals surface area contributed by atoms with Gasteiger partial charge in [-0.1, -0.05) is 12.8 Å². The zero-order valence-electron chi connectivity index (χ0n) is 8.65. The lowest BCUT2D eigenvalue weighted by molar-refractivity contribution is 0.00157. The van der Waals surface area contributed by atoms with Gasteiger partial charge >= 0.3 is 0 Å². The second-order valence-corrected chi connectivity index (χ2v) is 4.15. The second kappa shape index (κ2) is 5.66. The van der Waals surface area contributed by atoms with Gasteiger partial charge in [-0.15, -0.1) is 0 Å². The van der Waals surface area contributed by atoms with E-state index >= 15 is 0 Å². The molecule has 1 aliphatic carbocycles. The van der Waals surface area contributed by atoms with Crippen molar-refractivity contribution in [2.24, 2.45) is 0 Å². The summed E-state index contributed by atoms with van der Waals surface area (Å²) in [5.41, 5.74) is -0.579. The molecule has 1 rings (SSSR count). The predicted molar refractivity (Wildman–Crippen MR) is 54.0 cm³/mol. The van der Waals surface area contributed by atoms with E-state index in [1.807, 2.05) is 4.90 Å². The molecule has 0 amide bonds. The van der Waals surface area contributed by atoms with Crippen LogP contribution in [0.5, 0.6) is 0 Å². The maximum absolute atomic E-state index is 10.1. The summed E-state index contributed by atoms with van der Waals surface area (Å²) in [5, 5.41) is 27.7. The highest BCUT2D eigenvalue weighted by Gasteiger charge is 2.32. The van der Waals surface area contributed by atoms with Crippen LogP contribution in [0, 0.1) is 0 Å². The van der Waals surface area contributed by atoms with Crippen LogP contribution in [0.1, 0.15) is 25.7 Å². The Bertz CT molecular complexity index is 151. The minimum absolute atomic E-state index is 0.0794. The van der Waals surface area contributed by atoms with E-state index in [0.29, 0.717) is 19.6 Å². The first-order valence-corrected chi connectivity index (χ1v) is 5.37. The van der Waals surface area contributed by atoms with Crippen LogP contribution in [0.15, 0.2) is 0 Å². The Balaban J connectivity index is 2.36. The predicted octanol–water partition coefficient (Wildman–Crippen LogP) is -0.422. The molecule has 1 fully saturated rings. The highest BCUT2D eigenvalue weighted by Crippen LogP contribution is 2.29. The third-order valence-electron chi connectivity index (χ3n) is 2.88. The minimum atomic E-state index is -0.579. The van der Waals surface area contributed by atoms with Gasteiger partial charge in [0.2, 0.25) is 0 Å². The fourth-order valence-electron chi connectivity index (χ4n) is 2.16. The van der Waals surface area contributed by atoms with Crippen LogP contribution in [0.4, 0.5) is 0 Å². The third kappa shape index (κ3) is 3.53. The molecule has 0 aromatic carbocycles. The summed E-state index contributed by atoms with van der Waals surface area (Å²) in [6.45, 7) is 1.80. The molecule has 0 saturated heterocycles. The highest BCUT2D eigenvalue weighted by atomic mass is 16.3. The molecule has 0 unspecified atom stereocenters. The maximum Gasteiger partial charge on any atom is 0.0774 e. The highest BCUT2D eigenvalue weighted by molar-refractivity contribution is 4.87. The van der Waals surface area contributed by atoms with Gasteiger partial charge in [-0.3, -0.25) is 4.90 Å². The lowest BCUT2D eigenvalue weighted by Crippen LogP contribution is -2.43. The van der Waals surface area contributed by atoms with Crippen molar-refractivity contribution < 1.29 is 15.3 Å². The van der Waals surface area contributed by atoms with Crippen molar-refractivity contribution in [1.29, 1.82) is 0 Å². The van der Waals surface area contributed by atoms with Crippen molar-refractivity contribution in [3.8, 4) is 0 Å². The first-order chi connectivity index (χ1) is 6.70. The van der Waals surface area contributed by atoms with Crippen molar-refractivity contribution in [2.75, 3.05) is 32.8 Å². The van der Waals surface area contributed by atoms with E-state index in [-0.39, 0.29) is 13.2 Å². The van der Waals surface area contributed by atoms with E-state index in [0.717, 1.165) is 25.7 Å².